The molecule has 0 aliphatic carbocycles. The number of benzene rings is 1. The van der Waals surface area contributed by atoms with Crippen molar-refractivity contribution in [2.24, 2.45) is 0 Å². The Balaban J connectivity index is 2.81. The molecule has 0 radical (unpaired) electrons. The van der Waals surface area contributed by atoms with Crippen LogP contribution in [-0.4, -0.2) is 5.11 Å². The van der Waals surface area contributed by atoms with E-state index in [2.05, 4.69) is 0 Å². The minimum absolute atomic E-state index is 0.00414. The third kappa shape index (κ3) is 1.52. The maximum Gasteiger partial charge on any atom is 0.0685 e. The second kappa shape index (κ2) is 4.07. The van der Waals surface area contributed by atoms with E-state index in [-0.39, 0.29) is 6.61 Å². The predicted molar refractivity (Wildman–Crippen MR) is 62.3 cm³/mol. The van der Waals surface area contributed by atoms with Crippen LogP contribution in [0.25, 0.3) is 10.1 Å². The lowest BCUT2D eigenvalue weighted by atomic mass is 10.1. The fraction of sp³-hybridized carbons (Fsp3) is 0.200. The topological polar surface area (TPSA) is 20.2 Å². The second-order valence-electron chi connectivity index (χ2n) is 2.95. The van der Waals surface area contributed by atoms with Gasteiger partial charge in [-0.15, -0.1) is 22.9 Å². The SMILES string of the molecule is OCc1ccc2scc(Cl)c2c1CCl. The number of hydrogen-bond acceptors (Lipinski definition) is 2. The van der Waals surface area contributed by atoms with E-state index in [0.29, 0.717) is 5.88 Å². The molecule has 0 amide bonds. The van der Waals surface area contributed by atoms with Gasteiger partial charge < -0.3 is 5.11 Å². The fourth-order valence-electron chi connectivity index (χ4n) is 1.50. The van der Waals surface area contributed by atoms with Crippen LogP contribution in [-0.2, 0) is 12.5 Å². The van der Waals surface area contributed by atoms with Crippen molar-refractivity contribution in [3.05, 3.63) is 33.7 Å². The molecule has 0 aliphatic rings. The Hall–Kier alpha value is -0.280. The van der Waals surface area contributed by atoms with Crippen molar-refractivity contribution >= 4 is 44.6 Å². The summed E-state index contributed by atoms with van der Waals surface area (Å²) in [6.45, 7) is 0.00414. The highest BCUT2D eigenvalue weighted by molar-refractivity contribution is 7.17. The Morgan fingerprint density at radius 2 is 2.14 bits per heavy atom. The molecular weight excluding hydrogens is 239 g/mol. The van der Waals surface area contributed by atoms with Gasteiger partial charge in [-0.1, -0.05) is 17.7 Å². The monoisotopic (exact) mass is 246 g/mol. The summed E-state index contributed by atoms with van der Waals surface area (Å²) in [5, 5.41) is 12.7. The zero-order valence-electron chi connectivity index (χ0n) is 7.26. The highest BCUT2D eigenvalue weighted by Crippen LogP contribution is 2.35. The van der Waals surface area contributed by atoms with E-state index in [0.717, 1.165) is 26.2 Å². The van der Waals surface area contributed by atoms with Gasteiger partial charge in [-0.2, -0.15) is 0 Å². The maximum atomic E-state index is 9.14. The van der Waals surface area contributed by atoms with Crippen LogP contribution in [0.3, 0.4) is 0 Å². The van der Waals surface area contributed by atoms with Crippen molar-refractivity contribution < 1.29 is 5.11 Å². The lowest BCUT2D eigenvalue weighted by molar-refractivity contribution is 0.281. The first-order valence-electron chi connectivity index (χ1n) is 4.12. The van der Waals surface area contributed by atoms with Crippen LogP contribution < -0.4 is 0 Å². The van der Waals surface area contributed by atoms with Crippen LogP contribution in [0.2, 0.25) is 5.02 Å². The molecule has 0 spiro atoms. The third-order valence-electron chi connectivity index (χ3n) is 2.20. The van der Waals surface area contributed by atoms with Gasteiger partial charge in [-0.3, -0.25) is 0 Å². The molecule has 0 atom stereocenters. The molecular formula is C10H8Cl2OS. The van der Waals surface area contributed by atoms with E-state index in [9.17, 15) is 0 Å². The molecule has 74 valence electrons. The minimum Gasteiger partial charge on any atom is -0.392 e. The van der Waals surface area contributed by atoms with Crippen molar-refractivity contribution in [2.45, 2.75) is 12.5 Å². The summed E-state index contributed by atoms with van der Waals surface area (Å²) in [6, 6.07) is 3.86. The van der Waals surface area contributed by atoms with Crippen LogP contribution in [0.5, 0.6) is 0 Å². The summed E-state index contributed by atoms with van der Waals surface area (Å²) >= 11 is 13.5. The molecule has 14 heavy (non-hydrogen) atoms. The molecule has 0 saturated heterocycles. The van der Waals surface area contributed by atoms with E-state index in [1.165, 1.54) is 0 Å². The van der Waals surface area contributed by atoms with Gasteiger partial charge in [0.2, 0.25) is 0 Å². The minimum atomic E-state index is 0.00414. The summed E-state index contributed by atoms with van der Waals surface area (Å²) in [5.41, 5.74) is 1.80. The zero-order valence-corrected chi connectivity index (χ0v) is 9.59. The van der Waals surface area contributed by atoms with E-state index < -0.39 is 0 Å². The summed E-state index contributed by atoms with van der Waals surface area (Å²) < 4.78 is 1.11. The number of thiophene rings is 1. The average Bonchev–Trinajstić information content (AvgIpc) is 2.59. The Bertz CT molecular complexity index is 464. The zero-order chi connectivity index (χ0) is 10.1. The molecule has 0 unspecified atom stereocenters. The lowest BCUT2D eigenvalue weighted by Crippen LogP contribution is -1.91. The molecule has 1 heterocycles. The number of alkyl halides is 1. The van der Waals surface area contributed by atoms with Crippen LogP contribution in [0.1, 0.15) is 11.1 Å². The Morgan fingerprint density at radius 1 is 1.36 bits per heavy atom. The first-order valence-corrected chi connectivity index (χ1v) is 5.91. The largest absolute Gasteiger partial charge is 0.392 e. The van der Waals surface area contributed by atoms with Gasteiger partial charge in [0.05, 0.1) is 11.6 Å². The number of halogens is 2. The molecule has 1 N–H and O–H groups in total. The molecule has 0 saturated carbocycles. The highest BCUT2D eigenvalue weighted by Gasteiger charge is 2.10. The molecule has 1 aromatic carbocycles. The maximum absolute atomic E-state index is 9.14. The van der Waals surface area contributed by atoms with Crippen molar-refractivity contribution in [3.63, 3.8) is 0 Å². The standard InChI is InChI=1S/C10H8Cl2OS/c11-3-7-6(4-13)1-2-9-10(7)8(12)5-14-9/h1-2,5,13H,3-4H2. The number of hydrogen-bond donors (Lipinski definition) is 1. The number of fused-ring (bicyclic) bond motifs is 1. The van der Waals surface area contributed by atoms with Gasteiger partial charge in [0.1, 0.15) is 0 Å². The smallest absolute Gasteiger partial charge is 0.0685 e. The first-order chi connectivity index (χ1) is 6.77. The molecule has 1 nitrogen and oxygen atoms in total. The lowest BCUT2D eigenvalue weighted by Gasteiger charge is -2.05. The van der Waals surface area contributed by atoms with Crippen molar-refractivity contribution in [3.8, 4) is 0 Å². The highest BCUT2D eigenvalue weighted by atomic mass is 35.5. The van der Waals surface area contributed by atoms with Crippen LogP contribution in [0.4, 0.5) is 0 Å². The van der Waals surface area contributed by atoms with Gasteiger partial charge in [0, 0.05) is 21.3 Å². The molecule has 0 aliphatic heterocycles. The van der Waals surface area contributed by atoms with Gasteiger partial charge in [-0.25, -0.2) is 0 Å². The average molecular weight is 247 g/mol. The predicted octanol–water partition coefficient (Wildman–Crippen LogP) is 3.79. The summed E-state index contributed by atoms with van der Waals surface area (Å²) in [7, 11) is 0. The number of aliphatic hydroxyl groups is 1. The van der Waals surface area contributed by atoms with Gasteiger partial charge >= 0.3 is 0 Å². The van der Waals surface area contributed by atoms with Crippen molar-refractivity contribution in [2.75, 3.05) is 0 Å². The van der Waals surface area contributed by atoms with Crippen LogP contribution in [0.15, 0.2) is 17.5 Å². The molecule has 2 rings (SSSR count). The molecule has 0 fully saturated rings. The number of rotatable bonds is 2. The summed E-state index contributed by atoms with van der Waals surface area (Å²) in [5.74, 6) is 0.379. The third-order valence-corrected chi connectivity index (χ3v) is 3.85. The second-order valence-corrected chi connectivity index (χ2v) is 4.54. The van der Waals surface area contributed by atoms with Crippen LogP contribution in [0, 0.1) is 0 Å². The van der Waals surface area contributed by atoms with Crippen molar-refractivity contribution in [1.29, 1.82) is 0 Å². The normalized spacial score (nSPS) is 11.1. The summed E-state index contributed by atoms with van der Waals surface area (Å²) in [6.07, 6.45) is 0. The van der Waals surface area contributed by atoms with E-state index in [1.54, 1.807) is 11.3 Å². The molecule has 4 heteroatoms. The molecule has 1 aromatic heterocycles. The molecule has 2 aromatic rings. The summed E-state index contributed by atoms with van der Waals surface area (Å²) in [4.78, 5) is 0. The fourth-order valence-corrected chi connectivity index (χ4v) is 3.06. The molecule has 0 bridgehead atoms. The quantitative estimate of drug-likeness (QED) is 0.800. The Labute approximate surface area is 95.9 Å². The van der Waals surface area contributed by atoms with E-state index in [1.807, 2.05) is 17.5 Å². The van der Waals surface area contributed by atoms with Gasteiger partial charge in [0.25, 0.3) is 0 Å². The van der Waals surface area contributed by atoms with Gasteiger partial charge in [-0.05, 0) is 17.2 Å². The number of aliphatic hydroxyl groups excluding tert-OH is 1. The Kier molecular flexibility index (Phi) is 2.98. The van der Waals surface area contributed by atoms with Crippen LogP contribution >= 0.6 is 34.5 Å². The van der Waals surface area contributed by atoms with Crippen molar-refractivity contribution in [1.82, 2.24) is 0 Å². The van der Waals surface area contributed by atoms with E-state index >= 15 is 0 Å². The van der Waals surface area contributed by atoms with E-state index in [4.69, 9.17) is 28.3 Å². The first kappa shape index (κ1) is 10.2. The Morgan fingerprint density at radius 3 is 2.79 bits per heavy atom. The van der Waals surface area contributed by atoms with Gasteiger partial charge in [0.15, 0.2) is 0 Å².